The minimum atomic E-state index is -0.973. The van der Waals surface area contributed by atoms with E-state index in [0.717, 1.165) is 18.7 Å². The molecule has 3 nitrogen and oxygen atoms in total. The summed E-state index contributed by atoms with van der Waals surface area (Å²) < 4.78 is 0. The Balaban J connectivity index is 3.19. The van der Waals surface area contributed by atoms with E-state index in [9.17, 15) is 5.11 Å². The van der Waals surface area contributed by atoms with Gasteiger partial charge < -0.3 is 15.5 Å². The molecule has 0 aromatic carbocycles. The van der Waals surface area contributed by atoms with Crippen LogP contribution in [0.15, 0.2) is 0 Å². The second-order valence-corrected chi connectivity index (χ2v) is 4.16. The van der Waals surface area contributed by atoms with Crippen molar-refractivity contribution in [1.29, 1.82) is 0 Å². The predicted octanol–water partition coefficient (Wildman–Crippen LogP) is 0.0724. The summed E-state index contributed by atoms with van der Waals surface area (Å²) in [6, 6.07) is 0. The highest BCUT2D eigenvalue weighted by molar-refractivity contribution is 7.98. The molecule has 0 bridgehead atoms. The van der Waals surface area contributed by atoms with Gasteiger partial charge in [-0.3, -0.25) is 0 Å². The number of aliphatic hydroxyl groups is 2. The fourth-order valence-corrected chi connectivity index (χ4v) is 1.19. The molecule has 0 heterocycles. The van der Waals surface area contributed by atoms with Gasteiger partial charge in [0.2, 0.25) is 0 Å². The van der Waals surface area contributed by atoms with Crippen molar-refractivity contribution in [2.45, 2.75) is 18.9 Å². The molecule has 0 aliphatic rings. The van der Waals surface area contributed by atoms with E-state index in [0.29, 0.717) is 6.54 Å². The molecule has 3 N–H and O–H groups in total. The molecule has 1 atom stereocenters. The van der Waals surface area contributed by atoms with Crippen molar-refractivity contribution in [2.24, 2.45) is 0 Å². The average molecular weight is 193 g/mol. The molecule has 0 aliphatic carbocycles. The molecule has 0 rings (SSSR count). The summed E-state index contributed by atoms with van der Waals surface area (Å²) in [5.74, 6) is 1.13. The largest absolute Gasteiger partial charge is 0.393 e. The van der Waals surface area contributed by atoms with Crippen molar-refractivity contribution < 1.29 is 10.2 Å². The van der Waals surface area contributed by atoms with Crippen molar-refractivity contribution in [1.82, 2.24) is 5.32 Å². The van der Waals surface area contributed by atoms with Gasteiger partial charge in [0.1, 0.15) is 0 Å². The normalized spacial score (nSPS) is 16.0. The number of hydrogen-bond acceptors (Lipinski definition) is 4. The number of hydrogen-bond donors (Lipinski definition) is 3. The van der Waals surface area contributed by atoms with Crippen molar-refractivity contribution >= 4 is 11.8 Å². The van der Waals surface area contributed by atoms with Crippen LogP contribution in [0.2, 0.25) is 0 Å². The molecule has 74 valence electrons. The van der Waals surface area contributed by atoms with Crippen molar-refractivity contribution in [3.63, 3.8) is 0 Å². The van der Waals surface area contributed by atoms with E-state index in [4.69, 9.17) is 5.11 Å². The Hall–Kier alpha value is 0.230. The summed E-state index contributed by atoms with van der Waals surface area (Å²) in [4.78, 5) is 0. The minimum absolute atomic E-state index is 0.192. The van der Waals surface area contributed by atoms with E-state index in [2.05, 4.69) is 11.6 Å². The van der Waals surface area contributed by atoms with Crippen LogP contribution in [0.5, 0.6) is 0 Å². The van der Waals surface area contributed by atoms with E-state index >= 15 is 0 Å². The first-order chi connectivity index (χ1) is 5.62. The SMILES string of the molecule is CSCCCNCC(C)(O)CO. The Morgan fingerprint density at radius 1 is 1.50 bits per heavy atom. The first-order valence-electron chi connectivity index (χ1n) is 4.15. The van der Waals surface area contributed by atoms with Gasteiger partial charge in [0.05, 0.1) is 12.2 Å². The third kappa shape index (κ3) is 6.91. The molecule has 0 aromatic rings. The van der Waals surface area contributed by atoms with Crippen molar-refractivity contribution in [2.75, 3.05) is 31.7 Å². The van der Waals surface area contributed by atoms with Gasteiger partial charge in [0, 0.05) is 6.54 Å². The summed E-state index contributed by atoms with van der Waals surface area (Å²) in [6.45, 7) is 2.78. The van der Waals surface area contributed by atoms with Gasteiger partial charge in [-0.1, -0.05) is 0 Å². The van der Waals surface area contributed by atoms with Gasteiger partial charge in [0.15, 0.2) is 0 Å². The topological polar surface area (TPSA) is 52.5 Å². The highest BCUT2D eigenvalue weighted by atomic mass is 32.2. The molecule has 1 unspecified atom stereocenters. The van der Waals surface area contributed by atoms with Crippen LogP contribution in [-0.2, 0) is 0 Å². The lowest BCUT2D eigenvalue weighted by Crippen LogP contribution is -2.41. The zero-order chi connectivity index (χ0) is 9.45. The van der Waals surface area contributed by atoms with E-state index < -0.39 is 5.60 Å². The number of rotatable bonds is 7. The fraction of sp³-hybridized carbons (Fsp3) is 1.00. The van der Waals surface area contributed by atoms with Crippen LogP contribution in [0.3, 0.4) is 0 Å². The molecule has 0 saturated carbocycles. The average Bonchev–Trinajstić information content (AvgIpc) is 2.04. The lowest BCUT2D eigenvalue weighted by atomic mass is 10.1. The lowest BCUT2D eigenvalue weighted by molar-refractivity contribution is 0.00296. The van der Waals surface area contributed by atoms with Crippen LogP contribution in [0.1, 0.15) is 13.3 Å². The molecule has 0 fully saturated rings. The van der Waals surface area contributed by atoms with Crippen LogP contribution in [0, 0.1) is 0 Å². The molecule has 0 aromatic heterocycles. The predicted molar refractivity (Wildman–Crippen MR) is 53.6 cm³/mol. The Morgan fingerprint density at radius 3 is 2.67 bits per heavy atom. The van der Waals surface area contributed by atoms with Gasteiger partial charge >= 0.3 is 0 Å². The van der Waals surface area contributed by atoms with Gasteiger partial charge in [-0.25, -0.2) is 0 Å². The summed E-state index contributed by atoms with van der Waals surface area (Å²) in [5, 5.41) is 21.2. The molecular weight excluding hydrogens is 174 g/mol. The van der Waals surface area contributed by atoms with Crippen LogP contribution in [-0.4, -0.2) is 47.5 Å². The Bertz CT molecular complexity index is 109. The zero-order valence-corrected chi connectivity index (χ0v) is 8.65. The standard InChI is InChI=1S/C8H19NO2S/c1-8(11,7-10)6-9-4-3-5-12-2/h9-11H,3-7H2,1-2H3. The smallest absolute Gasteiger partial charge is 0.0972 e. The lowest BCUT2D eigenvalue weighted by Gasteiger charge is -2.20. The third-order valence-electron chi connectivity index (χ3n) is 1.55. The van der Waals surface area contributed by atoms with Gasteiger partial charge in [-0.15, -0.1) is 0 Å². The van der Waals surface area contributed by atoms with Gasteiger partial charge in [-0.2, -0.15) is 11.8 Å². The minimum Gasteiger partial charge on any atom is -0.393 e. The molecular formula is C8H19NO2S. The number of aliphatic hydroxyl groups excluding tert-OH is 1. The number of nitrogens with one attached hydrogen (secondary N) is 1. The molecule has 0 aliphatic heterocycles. The highest BCUT2D eigenvalue weighted by Crippen LogP contribution is 1.99. The van der Waals surface area contributed by atoms with Crippen LogP contribution >= 0.6 is 11.8 Å². The molecule has 0 amide bonds. The van der Waals surface area contributed by atoms with Gasteiger partial charge in [0.25, 0.3) is 0 Å². The van der Waals surface area contributed by atoms with Crippen LogP contribution < -0.4 is 5.32 Å². The Labute approximate surface area is 78.6 Å². The zero-order valence-electron chi connectivity index (χ0n) is 7.84. The molecule has 0 saturated heterocycles. The van der Waals surface area contributed by atoms with Gasteiger partial charge in [-0.05, 0) is 31.9 Å². The number of thioether (sulfide) groups is 1. The second kappa shape index (κ2) is 6.71. The highest BCUT2D eigenvalue weighted by Gasteiger charge is 2.17. The first kappa shape index (κ1) is 12.2. The Morgan fingerprint density at radius 2 is 2.17 bits per heavy atom. The van der Waals surface area contributed by atoms with E-state index in [1.54, 1.807) is 6.92 Å². The van der Waals surface area contributed by atoms with Crippen LogP contribution in [0.25, 0.3) is 0 Å². The molecule has 0 radical (unpaired) electrons. The second-order valence-electron chi connectivity index (χ2n) is 3.18. The maximum Gasteiger partial charge on any atom is 0.0972 e. The fourth-order valence-electron chi connectivity index (χ4n) is 0.755. The Kier molecular flexibility index (Phi) is 6.84. The first-order valence-corrected chi connectivity index (χ1v) is 5.54. The van der Waals surface area contributed by atoms with Crippen LogP contribution in [0.4, 0.5) is 0 Å². The summed E-state index contributed by atoms with van der Waals surface area (Å²) in [5.41, 5.74) is -0.973. The monoisotopic (exact) mass is 193 g/mol. The van der Waals surface area contributed by atoms with E-state index in [1.165, 1.54) is 0 Å². The van der Waals surface area contributed by atoms with E-state index in [1.807, 2.05) is 11.8 Å². The van der Waals surface area contributed by atoms with Crippen molar-refractivity contribution in [3.8, 4) is 0 Å². The third-order valence-corrected chi connectivity index (χ3v) is 2.25. The summed E-state index contributed by atoms with van der Waals surface area (Å²) in [7, 11) is 0. The molecule has 0 spiro atoms. The van der Waals surface area contributed by atoms with E-state index in [-0.39, 0.29) is 6.61 Å². The quantitative estimate of drug-likeness (QED) is 0.501. The maximum absolute atomic E-state index is 9.36. The van der Waals surface area contributed by atoms with Crippen molar-refractivity contribution in [3.05, 3.63) is 0 Å². The molecule has 12 heavy (non-hydrogen) atoms. The summed E-state index contributed by atoms with van der Waals surface area (Å²) >= 11 is 1.81. The summed E-state index contributed by atoms with van der Waals surface area (Å²) in [6.07, 6.45) is 3.17. The maximum atomic E-state index is 9.36. The molecule has 4 heteroatoms.